The van der Waals surface area contributed by atoms with Crippen molar-refractivity contribution in [3.63, 3.8) is 0 Å². The highest BCUT2D eigenvalue weighted by atomic mass is 16.1. The first-order valence-corrected chi connectivity index (χ1v) is 6.62. The first-order valence-electron chi connectivity index (χ1n) is 6.62. The maximum Gasteiger partial charge on any atom is 0.166 e. The van der Waals surface area contributed by atoms with Crippen LogP contribution >= 0.6 is 0 Å². The molecule has 0 fully saturated rings. The summed E-state index contributed by atoms with van der Waals surface area (Å²) in [4.78, 5) is 16.0. The van der Waals surface area contributed by atoms with Crippen molar-refractivity contribution in [3.05, 3.63) is 23.9 Å². The van der Waals surface area contributed by atoms with Gasteiger partial charge in [0.05, 0.1) is 5.56 Å². The zero-order valence-corrected chi connectivity index (χ0v) is 11.1. The van der Waals surface area contributed by atoms with Gasteiger partial charge in [0.15, 0.2) is 5.78 Å². The van der Waals surface area contributed by atoms with E-state index in [-0.39, 0.29) is 5.78 Å². The summed E-state index contributed by atoms with van der Waals surface area (Å²) in [6.45, 7) is 2.85. The van der Waals surface area contributed by atoms with Gasteiger partial charge in [-0.15, -0.1) is 0 Å². The molecule has 4 N–H and O–H groups in total. The molecule has 100 valence electrons. The number of Topliss-reactive ketones (excluding diaryl/α,β-unsaturated/α-hetero) is 1. The maximum atomic E-state index is 12.0. The van der Waals surface area contributed by atoms with E-state index in [4.69, 9.17) is 11.5 Å². The lowest BCUT2D eigenvalue weighted by Gasteiger charge is -2.14. The van der Waals surface area contributed by atoms with E-state index < -0.39 is 0 Å². The quantitative estimate of drug-likeness (QED) is 0.693. The van der Waals surface area contributed by atoms with Crippen molar-refractivity contribution in [2.75, 3.05) is 12.3 Å². The van der Waals surface area contributed by atoms with E-state index in [9.17, 15) is 4.79 Å². The number of hydrogen-bond acceptors (Lipinski definition) is 4. The molecular weight excluding hydrogens is 226 g/mol. The highest BCUT2D eigenvalue weighted by molar-refractivity contribution is 5.99. The van der Waals surface area contributed by atoms with Crippen LogP contribution in [0, 0.1) is 5.92 Å². The molecule has 0 radical (unpaired) electrons. The zero-order chi connectivity index (χ0) is 13.4. The Labute approximate surface area is 109 Å². The number of pyridine rings is 1. The largest absolute Gasteiger partial charge is 0.383 e. The minimum absolute atomic E-state index is 0.0822. The van der Waals surface area contributed by atoms with Crippen molar-refractivity contribution < 1.29 is 4.79 Å². The fourth-order valence-corrected chi connectivity index (χ4v) is 2.20. The molecule has 0 aliphatic heterocycles. The van der Waals surface area contributed by atoms with Gasteiger partial charge in [-0.05, 0) is 37.4 Å². The molecule has 0 bridgehead atoms. The number of nitrogens with zero attached hydrogens (tertiary/aromatic N) is 1. The molecule has 1 aromatic rings. The van der Waals surface area contributed by atoms with Crippen LogP contribution in [-0.4, -0.2) is 17.3 Å². The van der Waals surface area contributed by atoms with E-state index in [1.54, 1.807) is 18.3 Å². The average Bonchev–Trinajstić information content (AvgIpc) is 2.36. The normalized spacial score (nSPS) is 12.3. The van der Waals surface area contributed by atoms with Gasteiger partial charge in [0.2, 0.25) is 0 Å². The molecule has 18 heavy (non-hydrogen) atoms. The average molecular weight is 249 g/mol. The Hall–Kier alpha value is -1.42. The van der Waals surface area contributed by atoms with Crippen molar-refractivity contribution in [2.45, 2.75) is 39.0 Å². The summed E-state index contributed by atoms with van der Waals surface area (Å²) in [5, 5.41) is 0. The second-order valence-corrected chi connectivity index (χ2v) is 4.63. The standard InChI is InChI=1S/C14H23N3O/c1-2-4-11(8-9-15)6-7-13(18)12-5-3-10-17-14(12)16/h3,5,10-11H,2,4,6-9,15H2,1H3,(H2,16,17). The van der Waals surface area contributed by atoms with Crippen LogP contribution in [0.3, 0.4) is 0 Å². The number of rotatable bonds is 8. The fraction of sp³-hybridized carbons (Fsp3) is 0.571. The molecule has 0 aliphatic rings. The van der Waals surface area contributed by atoms with E-state index in [2.05, 4.69) is 11.9 Å². The predicted molar refractivity (Wildman–Crippen MR) is 74.3 cm³/mol. The van der Waals surface area contributed by atoms with Gasteiger partial charge in [-0.3, -0.25) is 4.79 Å². The van der Waals surface area contributed by atoms with Gasteiger partial charge in [0.1, 0.15) is 5.82 Å². The third kappa shape index (κ3) is 4.45. The summed E-state index contributed by atoms with van der Waals surface area (Å²) < 4.78 is 0. The van der Waals surface area contributed by atoms with Gasteiger partial charge < -0.3 is 11.5 Å². The number of aromatic nitrogens is 1. The summed E-state index contributed by atoms with van der Waals surface area (Å²) in [5.74, 6) is 0.953. The first kappa shape index (κ1) is 14.6. The SMILES string of the molecule is CCCC(CCN)CCC(=O)c1cccnc1N. The third-order valence-electron chi connectivity index (χ3n) is 3.19. The van der Waals surface area contributed by atoms with E-state index >= 15 is 0 Å². The van der Waals surface area contributed by atoms with Crippen LogP contribution in [0.1, 0.15) is 49.4 Å². The fourth-order valence-electron chi connectivity index (χ4n) is 2.20. The monoisotopic (exact) mass is 249 g/mol. The minimum atomic E-state index is 0.0822. The predicted octanol–water partition coefficient (Wildman–Crippen LogP) is 2.39. The van der Waals surface area contributed by atoms with Crippen molar-refractivity contribution in [1.29, 1.82) is 0 Å². The summed E-state index contributed by atoms with van der Waals surface area (Å²) in [7, 11) is 0. The second-order valence-electron chi connectivity index (χ2n) is 4.63. The topological polar surface area (TPSA) is 82.0 Å². The molecule has 0 aliphatic carbocycles. The molecule has 0 spiro atoms. The molecule has 1 atom stereocenters. The van der Waals surface area contributed by atoms with E-state index in [0.717, 1.165) is 25.7 Å². The van der Waals surface area contributed by atoms with Gasteiger partial charge >= 0.3 is 0 Å². The summed E-state index contributed by atoms with van der Waals surface area (Å²) in [6.07, 6.45) is 6.27. The molecule has 0 aromatic carbocycles. The highest BCUT2D eigenvalue weighted by Crippen LogP contribution is 2.19. The van der Waals surface area contributed by atoms with Crippen LogP contribution in [0.5, 0.6) is 0 Å². The van der Waals surface area contributed by atoms with Crippen LogP contribution in [0.4, 0.5) is 5.82 Å². The van der Waals surface area contributed by atoms with Crippen LogP contribution in [0.2, 0.25) is 0 Å². The molecule has 4 heteroatoms. The van der Waals surface area contributed by atoms with Crippen molar-refractivity contribution in [1.82, 2.24) is 4.98 Å². The van der Waals surface area contributed by atoms with Gasteiger partial charge in [0, 0.05) is 12.6 Å². The van der Waals surface area contributed by atoms with Crippen molar-refractivity contribution in [3.8, 4) is 0 Å². The molecule has 0 amide bonds. The van der Waals surface area contributed by atoms with Crippen molar-refractivity contribution in [2.24, 2.45) is 11.7 Å². The third-order valence-corrected chi connectivity index (χ3v) is 3.19. The highest BCUT2D eigenvalue weighted by Gasteiger charge is 2.13. The van der Waals surface area contributed by atoms with Gasteiger partial charge in [-0.25, -0.2) is 4.98 Å². The van der Waals surface area contributed by atoms with Crippen LogP contribution in [0.25, 0.3) is 0 Å². The van der Waals surface area contributed by atoms with Gasteiger partial charge in [0.25, 0.3) is 0 Å². The van der Waals surface area contributed by atoms with E-state index in [1.807, 2.05) is 0 Å². The molecule has 1 heterocycles. The van der Waals surface area contributed by atoms with Crippen LogP contribution in [-0.2, 0) is 0 Å². The number of hydrogen-bond donors (Lipinski definition) is 2. The first-order chi connectivity index (χ1) is 8.69. The minimum Gasteiger partial charge on any atom is -0.383 e. The Morgan fingerprint density at radius 2 is 2.17 bits per heavy atom. The Kier molecular flexibility index (Phi) is 6.36. The summed E-state index contributed by atoms with van der Waals surface area (Å²) in [5.41, 5.74) is 11.8. The number of anilines is 1. The number of carbonyl (C=O) groups excluding carboxylic acids is 1. The van der Waals surface area contributed by atoms with Crippen LogP contribution in [0.15, 0.2) is 18.3 Å². The van der Waals surface area contributed by atoms with Gasteiger partial charge in [-0.2, -0.15) is 0 Å². The Bertz CT molecular complexity index is 373. The lowest BCUT2D eigenvalue weighted by Crippen LogP contribution is -2.12. The van der Waals surface area contributed by atoms with E-state index in [0.29, 0.717) is 30.3 Å². The molecular formula is C14H23N3O. The molecule has 1 aromatic heterocycles. The molecule has 1 unspecified atom stereocenters. The van der Waals surface area contributed by atoms with Crippen molar-refractivity contribution >= 4 is 11.6 Å². The maximum absolute atomic E-state index is 12.0. The van der Waals surface area contributed by atoms with Crippen LogP contribution < -0.4 is 11.5 Å². The number of nitrogen functional groups attached to an aromatic ring is 1. The van der Waals surface area contributed by atoms with Gasteiger partial charge in [-0.1, -0.05) is 19.8 Å². The Balaban J connectivity index is 2.52. The number of carbonyl (C=O) groups is 1. The molecule has 0 saturated heterocycles. The smallest absolute Gasteiger partial charge is 0.166 e. The second kappa shape index (κ2) is 7.82. The number of ketones is 1. The number of nitrogens with two attached hydrogens (primary N) is 2. The summed E-state index contributed by atoms with van der Waals surface area (Å²) in [6, 6.07) is 3.48. The Morgan fingerprint density at radius 3 is 2.78 bits per heavy atom. The molecule has 1 rings (SSSR count). The lowest BCUT2D eigenvalue weighted by molar-refractivity contribution is 0.0973. The van der Waals surface area contributed by atoms with E-state index in [1.165, 1.54) is 0 Å². The molecule has 4 nitrogen and oxygen atoms in total. The lowest BCUT2D eigenvalue weighted by atomic mass is 9.92. The molecule has 0 saturated carbocycles. The summed E-state index contributed by atoms with van der Waals surface area (Å²) >= 11 is 0. The Morgan fingerprint density at radius 1 is 1.39 bits per heavy atom. The zero-order valence-electron chi connectivity index (χ0n) is 11.1.